The van der Waals surface area contributed by atoms with Crippen LogP contribution in [-0.2, 0) is 6.42 Å². The summed E-state index contributed by atoms with van der Waals surface area (Å²) < 4.78 is 0. The number of hydrogen-bond donors (Lipinski definition) is 2. The van der Waals surface area contributed by atoms with Gasteiger partial charge in [-0.2, -0.15) is 0 Å². The summed E-state index contributed by atoms with van der Waals surface area (Å²) in [6.45, 7) is 4.92. The van der Waals surface area contributed by atoms with Crippen molar-refractivity contribution in [2.45, 2.75) is 32.8 Å². The Hall–Kier alpha value is -0.860. The molecule has 0 aliphatic rings. The van der Waals surface area contributed by atoms with Crippen LogP contribution in [0.2, 0.25) is 0 Å². The first-order valence-corrected chi connectivity index (χ1v) is 5.60. The van der Waals surface area contributed by atoms with Crippen LogP contribution in [-0.4, -0.2) is 11.7 Å². The van der Waals surface area contributed by atoms with Crippen molar-refractivity contribution < 1.29 is 5.11 Å². The van der Waals surface area contributed by atoms with Crippen LogP contribution >= 0.6 is 0 Å². The van der Waals surface area contributed by atoms with Crippen LogP contribution < -0.4 is 5.73 Å². The topological polar surface area (TPSA) is 46.2 Å². The van der Waals surface area contributed by atoms with E-state index in [-0.39, 0.29) is 0 Å². The van der Waals surface area contributed by atoms with Crippen molar-refractivity contribution in [3.63, 3.8) is 0 Å². The zero-order valence-electron chi connectivity index (χ0n) is 9.61. The summed E-state index contributed by atoms with van der Waals surface area (Å²) in [5.74, 6) is 0.645. The van der Waals surface area contributed by atoms with Gasteiger partial charge < -0.3 is 10.8 Å². The molecular formula is C13H21NO. The van der Waals surface area contributed by atoms with Gasteiger partial charge in [0.25, 0.3) is 0 Å². The summed E-state index contributed by atoms with van der Waals surface area (Å²) in [5.41, 5.74) is 7.70. The molecule has 2 heteroatoms. The number of nitrogens with two attached hydrogens (primary N) is 1. The van der Waals surface area contributed by atoms with Crippen LogP contribution in [0.4, 0.5) is 0 Å². The van der Waals surface area contributed by atoms with Gasteiger partial charge in [0.15, 0.2) is 0 Å². The second-order valence-electron chi connectivity index (χ2n) is 4.44. The maximum absolute atomic E-state index is 9.80. The van der Waals surface area contributed by atoms with Crippen LogP contribution in [0.3, 0.4) is 0 Å². The molecule has 1 aromatic carbocycles. The summed E-state index contributed by atoms with van der Waals surface area (Å²) in [7, 11) is 0. The van der Waals surface area contributed by atoms with Crippen molar-refractivity contribution >= 4 is 0 Å². The monoisotopic (exact) mass is 207 g/mol. The molecule has 0 saturated carbocycles. The highest BCUT2D eigenvalue weighted by Gasteiger charge is 2.07. The normalized spacial score (nSPS) is 13.1. The summed E-state index contributed by atoms with van der Waals surface area (Å²) in [6.07, 6.45) is 1.27. The largest absolute Gasteiger partial charge is 0.388 e. The zero-order chi connectivity index (χ0) is 11.3. The number of aliphatic hydroxyl groups is 1. The van der Waals surface area contributed by atoms with Gasteiger partial charge in [0, 0.05) is 0 Å². The second-order valence-corrected chi connectivity index (χ2v) is 4.44. The van der Waals surface area contributed by atoms with Crippen molar-refractivity contribution in [3.8, 4) is 0 Å². The van der Waals surface area contributed by atoms with Gasteiger partial charge >= 0.3 is 0 Å². The van der Waals surface area contributed by atoms with E-state index in [4.69, 9.17) is 5.73 Å². The Balaban J connectivity index is 2.73. The lowest BCUT2D eigenvalue weighted by molar-refractivity contribution is 0.170. The maximum atomic E-state index is 9.80. The number of aliphatic hydroxyl groups excluding tert-OH is 1. The van der Waals surface area contributed by atoms with Crippen molar-refractivity contribution in [2.24, 2.45) is 11.7 Å². The molecule has 0 bridgehead atoms. The van der Waals surface area contributed by atoms with Gasteiger partial charge in [0.1, 0.15) is 0 Å². The third-order valence-electron chi connectivity index (χ3n) is 2.42. The third-order valence-corrected chi connectivity index (χ3v) is 2.42. The van der Waals surface area contributed by atoms with Crippen molar-refractivity contribution in [1.29, 1.82) is 0 Å². The van der Waals surface area contributed by atoms with E-state index in [1.54, 1.807) is 0 Å². The predicted octanol–water partition coefficient (Wildman–Crippen LogP) is 2.27. The lowest BCUT2D eigenvalue weighted by Crippen LogP contribution is -2.07. The fourth-order valence-corrected chi connectivity index (χ4v) is 1.72. The summed E-state index contributed by atoms with van der Waals surface area (Å²) >= 11 is 0. The molecule has 2 nitrogen and oxygen atoms in total. The first kappa shape index (κ1) is 12.2. The summed E-state index contributed by atoms with van der Waals surface area (Å²) in [6, 6.07) is 8.16. The number of hydrogen-bond acceptors (Lipinski definition) is 2. The lowest BCUT2D eigenvalue weighted by Gasteiger charge is -2.12. The maximum Gasteiger partial charge on any atom is 0.0802 e. The highest BCUT2D eigenvalue weighted by atomic mass is 16.3. The Morgan fingerprint density at radius 1 is 1.33 bits per heavy atom. The smallest absolute Gasteiger partial charge is 0.0802 e. The van der Waals surface area contributed by atoms with Crippen LogP contribution in [0.5, 0.6) is 0 Å². The molecule has 15 heavy (non-hydrogen) atoms. The van der Waals surface area contributed by atoms with Gasteiger partial charge in [-0.1, -0.05) is 38.1 Å². The second kappa shape index (κ2) is 5.89. The van der Waals surface area contributed by atoms with Crippen LogP contribution in [0.15, 0.2) is 24.3 Å². The average Bonchev–Trinajstić information content (AvgIpc) is 2.17. The minimum Gasteiger partial charge on any atom is -0.388 e. The summed E-state index contributed by atoms with van der Waals surface area (Å²) in [5, 5.41) is 9.80. The van der Waals surface area contributed by atoms with E-state index in [0.29, 0.717) is 18.9 Å². The van der Waals surface area contributed by atoms with E-state index in [2.05, 4.69) is 26.0 Å². The van der Waals surface area contributed by atoms with Gasteiger partial charge in [-0.25, -0.2) is 0 Å². The standard InChI is InChI=1S/C13H21NO/c1-10(2)8-11-4-3-5-12(9-11)13(15)6-7-14/h3-5,9-10,13,15H,6-8,14H2,1-2H3. The van der Waals surface area contributed by atoms with E-state index in [1.165, 1.54) is 5.56 Å². The van der Waals surface area contributed by atoms with E-state index < -0.39 is 6.10 Å². The molecule has 0 radical (unpaired) electrons. The quantitative estimate of drug-likeness (QED) is 0.778. The first-order chi connectivity index (χ1) is 7.13. The molecule has 1 rings (SSSR count). The van der Waals surface area contributed by atoms with Gasteiger partial charge in [0.05, 0.1) is 6.10 Å². The van der Waals surface area contributed by atoms with E-state index in [9.17, 15) is 5.11 Å². The van der Waals surface area contributed by atoms with Gasteiger partial charge in [-0.05, 0) is 36.4 Å². The Morgan fingerprint density at radius 2 is 2.07 bits per heavy atom. The molecule has 0 aliphatic carbocycles. The first-order valence-electron chi connectivity index (χ1n) is 5.60. The molecule has 1 aromatic rings. The highest BCUT2D eigenvalue weighted by molar-refractivity contribution is 5.25. The molecule has 0 heterocycles. The Bertz CT molecular complexity index is 296. The Labute approximate surface area is 92.1 Å². The SMILES string of the molecule is CC(C)Cc1cccc(C(O)CCN)c1. The minimum atomic E-state index is -0.415. The fraction of sp³-hybridized carbons (Fsp3) is 0.538. The lowest BCUT2D eigenvalue weighted by atomic mass is 9.98. The number of benzene rings is 1. The Morgan fingerprint density at radius 3 is 2.67 bits per heavy atom. The summed E-state index contributed by atoms with van der Waals surface area (Å²) in [4.78, 5) is 0. The van der Waals surface area contributed by atoms with Gasteiger partial charge in [-0.3, -0.25) is 0 Å². The highest BCUT2D eigenvalue weighted by Crippen LogP contribution is 2.18. The Kier molecular flexibility index (Phi) is 4.79. The van der Waals surface area contributed by atoms with Gasteiger partial charge in [-0.15, -0.1) is 0 Å². The molecule has 0 saturated heterocycles. The molecule has 84 valence electrons. The van der Waals surface area contributed by atoms with E-state index >= 15 is 0 Å². The minimum absolute atomic E-state index is 0.415. The molecule has 0 spiro atoms. The molecule has 0 amide bonds. The molecule has 3 N–H and O–H groups in total. The van der Waals surface area contributed by atoms with Crippen molar-refractivity contribution in [3.05, 3.63) is 35.4 Å². The van der Waals surface area contributed by atoms with Crippen molar-refractivity contribution in [2.75, 3.05) is 6.54 Å². The van der Waals surface area contributed by atoms with Crippen LogP contribution in [0.1, 0.15) is 37.5 Å². The molecule has 0 aliphatic heterocycles. The number of rotatable bonds is 5. The predicted molar refractivity (Wildman–Crippen MR) is 63.6 cm³/mol. The zero-order valence-corrected chi connectivity index (χ0v) is 9.61. The van der Waals surface area contributed by atoms with Crippen LogP contribution in [0.25, 0.3) is 0 Å². The molecular weight excluding hydrogens is 186 g/mol. The molecule has 1 atom stereocenters. The van der Waals surface area contributed by atoms with E-state index in [0.717, 1.165) is 12.0 Å². The average molecular weight is 207 g/mol. The van der Waals surface area contributed by atoms with Gasteiger partial charge in [0.2, 0.25) is 0 Å². The third kappa shape index (κ3) is 4.02. The molecule has 0 aromatic heterocycles. The van der Waals surface area contributed by atoms with Crippen LogP contribution in [0, 0.1) is 5.92 Å². The van der Waals surface area contributed by atoms with E-state index in [1.807, 2.05) is 12.1 Å². The molecule has 0 fully saturated rings. The fourth-order valence-electron chi connectivity index (χ4n) is 1.72. The molecule has 1 unspecified atom stereocenters. The van der Waals surface area contributed by atoms with Crippen molar-refractivity contribution in [1.82, 2.24) is 0 Å².